The Morgan fingerprint density at radius 2 is 2.10 bits per heavy atom. The van der Waals surface area contributed by atoms with Gasteiger partial charge in [-0.25, -0.2) is 0 Å². The summed E-state index contributed by atoms with van der Waals surface area (Å²) in [5, 5.41) is 27.5. The number of carbonyl (C=O) groups is 1. The lowest BCUT2D eigenvalue weighted by Gasteiger charge is -2.11. The van der Waals surface area contributed by atoms with E-state index in [-0.39, 0.29) is 6.42 Å². The van der Waals surface area contributed by atoms with Gasteiger partial charge in [-0.3, -0.25) is 4.79 Å². The van der Waals surface area contributed by atoms with Gasteiger partial charge in [-0.1, -0.05) is 0 Å². The summed E-state index contributed by atoms with van der Waals surface area (Å²) in [6, 6.07) is -0.889. The van der Waals surface area contributed by atoms with Gasteiger partial charge in [0.1, 0.15) is 6.04 Å². The van der Waals surface area contributed by atoms with E-state index in [1.54, 1.807) is 0 Å². The zero-order valence-corrected chi connectivity index (χ0v) is 5.61. The minimum Gasteiger partial charge on any atom is -0.480 e. The fourth-order valence-corrected chi connectivity index (χ4v) is 0.553. The van der Waals surface area contributed by atoms with Crippen LogP contribution in [0.1, 0.15) is 6.42 Å². The van der Waals surface area contributed by atoms with Crippen LogP contribution in [0.15, 0.2) is 0 Å². The van der Waals surface area contributed by atoms with E-state index in [2.05, 4.69) is 5.32 Å². The number of carboxylic acid groups (broad SMARTS) is 1. The average molecular weight is 149 g/mol. The zero-order chi connectivity index (χ0) is 8.15. The highest BCUT2D eigenvalue weighted by molar-refractivity contribution is 5.73. The quantitative estimate of drug-likeness (QED) is 0.360. The molecule has 0 bridgehead atoms. The molecular formula is C5H11NO4. The number of nitrogens with one attached hydrogen (secondary N) is 1. The van der Waals surface area contributed by atoms with E-state index >= 15 is 0 Å². The Hall–Kier alpha value is -0.650. The maximum absolute atomic E-state index is 10.2. The lowest BCUT2D eigenvalue weighted by molar-refractivity contribution is -0.142. The average Bonchev–Trinajstić information content (AvgIpc) is 1.81. The van der Waals surface area contributed by atoms with E-state index in [0.717, 1.165) is 0 Å². The molecule has 5 nitrogen and oxygen atoms in total. The van der Waals surface area contributed by atoms with E-state index < -0.39 is 18.3 Å². The molecule has 0 aromatic heterocycles. The van der Waals surface area contributed by atoms with Crippen LogP contribution in [-0.2, 0) is 4.79 Å². The van der Waals surface area contributed by atoms with Gasteiger partial charge in [-0.05, 0) is 7.05 Å². The first-order chi connectivity index (χ1) is 4.57. The fourth-order valence-electron chi connectivity index (χ4n) is 0.553. The van der Waals surface area contributed by atoms with Crippen molar-refractivity contribution in [2.75, 3.05) is 7.05 Å². The van der Waals surface area contributed by atoms with Crippen LogP contribution in [0.2, 0.25) is 0 Å². The van der Waals surface area contributed by atoms with Crippen molar-refractivity contribution in [2.24, 2.45) is 0 Å². The van der Waals surface area contributed by atoms with Gasteiger partial charge in [0.25, 0.3) is 0 Å². The van der Waals surface area contributed by atoms with Gasteiger partial charge in [0.05, 0.1) is 0 Å². The minimum atomic E-state index is -1.58. The number of hydrogen-bond donors (Lipinski definition) is 4. The summed E-state index contributed by atoms with van der Waals surface area (Å²) in [5.41, 5.74) is 0. The Morgan fingerprint density at radius 3 is 2.20 bits per heavy atom. The van der Waals surface area contributed by atoms with Crippen molar-refractivity contribution >= 4 is 5.97 Å². The van der Waals surface area contributed by atoms with Gasteiger partial charge < -0.3 is 20.6 Å². The molecule has 0 saturated carbocycles. The van der Waals surface area contributed by atoms with Crippen LogP contribution >= 0.6 is 0 Å². The predicted molar refractivity (Wildman–Crippen MR) is 33.3 cm³/mol. The molecule has 0 aliphatic rings. The van der Waals surface area contributed by atoms with Gasteiger partial charge in [0.2, 0.25) is 0 Å². The topological polar surface area (TPSA) is 89.8 Å². The highest BCUT2D eigenvalue weighted by Gasteiger charge is 2.17. The van der Waals surface area contributed by atoms with E-state index in [1.807, 2.05) is 0 Å². The number of aliphatic hydroxyl groups excluding tert-OH is 1. The van der Waals surface area contributed by atoms with Gasteiger partial charge in [0, 0.05) is 6.42 Å². The van der Waals surface area contributed by atoms with Crippen molar-refractivity contribution in [1.82, 2.24) is 5.32 Å². The van der Waals surface area contributed by atoms with Crippen LogP contribution in [0.4, 0.5) is 0 Å². The van der Waals surface area contributed by atoms with Gasteiger partial charge in [-0.15, -0.1) is 0 Å². The lowest BCUT2D eigenvalue weighted by Crippen LogP contribution is -2.36. The predicted octanol–water partition coefficient (Wildman–Crippen LogP) is -1.64. The zero-order valence-electron chi connectivity index (χ0n) is 5.61. The molecule has 0 saturated heterocycles. The van der Waals surface area contributed by atoms with Crippen LogP contribution < -0.4 is 5.32 Å². The van der Waals surface area contributed by atoms with E-state index in [4.69, 9.17) is 15.3 Å². The minimum absolute atomic E-state index is 0.203. The maximum Gasteiger partial charge on any atom is 0.320 e. The molecule has 0 rings (SSSR count). The molecule has 1 atom stereocenters. The number of aliphatic carboxylic acids is 1. The molecule has 0 fully saturated rings. The van der Waals surface area contributed by atoms with Crippen LogP contribution in [0.5, 0.6) is 0 Å². The molecule has 0 heterocycles. The second kappa shape index (κ2) is 4.21. The molecular weight excluding hydrogens is 138 g/mol. The summed E-state index contributed by atoms with van der Waals surface area (Å²) in [5.74, 6) is -1.09. The Kier molecular flexibility index (Phi) is 3.94. The van der Waals surface area contributed by atoms with Crippen LogP contribution in [0.25, 0.3) is 0 Å². The Bertz CT molecular complexity index is 114. The molecule has 60 valence electrons. The largest absolute Gasteiger partial charge is 0.480 e. The van der Waals surface area contributed by atoms with Crippen molar-refractivity contribution in [2.45, 2.75) is 18.8 Å². The molecule has 4 N–H and O–H groups in total. The number of carboxylic acids is 1. The molecule has 0 aliphatic heterocycles. The third-order valence-electron chi connectivity index (χ3n) is 1.09. The first-order valence-corrected chi connectivity index (χ1v) is 2.84. The van der Waals surface area contributed by atoms with Gasteiger partial charge >= 0.3 is 5.97 Å². The maximum atomic E-state index is 10.2. The second-order valence-electron chi connectivity index (χ2n) is 1.90. The standard InChI is InChI=1S/C5H11NO4/c1-6-3(5(9)10)2-4(7)8/h3-4,6-8H,2H2,1H3,(H,9,10)/t3-/m0/s1. The third kappa shape index (κ3) is 3.39. The number of rotatable bonds is 4. The van der Waals surface area contributed by atoms with E-state index in [0.29, 0.717) is 0 Å². The lowest BCUT2D eigenvalue weighted by atomic mass is 10.2. The molecule has 0 aromatic rings. The summed E-state index contributed by atoms with van der Waals surface area (Å²) >= 11 is 0. The highest BCUT2D eigenvalue weighted by Crippen LogP contribution is 1.94. The third-order valence-corrected chi connectivity index (χ3v) is 1.09. The van der Waals surface area contributed by atoms with Crippen LogP contribution in [0, 0.1) is 0 Å². The number of likely N-dealkylation sites (N-methyl/N-ethyl adjacent to an activating group) is 1. The molecule has 0 aliphatic carbocycles. The molecule has 0 radical (unpaired) electrons. The number of hydrogen-bond acceptors (Lipinski definition) is 4. The van der Waals surface area contributed by atoms with Gasteiger partial charge in [-0.2, -0.15) is 0 Å². The van der Waals surface area contributed by atoms with Crippen molar-refractivity contribution in [3.8, 4) is 0 Å². The highest BCUT2D eigenvalue weighted by atomic mass is 16.5. The van der Waals surface area contributed by atoms with Gasteiger partial charge in [0.15, 0.2) is 6.29 Å². The van der Waals surface area contributed by atoms with Crippen LogP contribution in [-0.4, -0.2) is 40.7 Å². The monoisotopic (exact) mass is 149 g/mol. The summed E-state index contributed by atoms with van der Waals surface area (Å²) in [6.45, 7) is 0. The normalized spacial score (nSPS) is 13.6. The van der Waals surface area contributed by atoms with Crippen molar-refractivity contribution < 1.29 is 20.1 Å². The Morgan fingerprint density at radius 1 is 1.60 bits per heavy atom. The Balaban J connectivity index is 3.72. The SMILES string of the molecule is CN[C@@H](CC(O)O)C(=O)O. The molecule has 0 amide bonds. The molecule has 0 spiro atoms. The summed E-state index contributed by atoms with van der Waals surface area (Å²) in [7, 11) is 1.45. The van der Waals surface area contributed by atoms with Crippen molar-refractivity contribution in [3.05, 3.63) is 0 Å². The summed E-state index contributed by atoms with van der Waals surface area (Å²) in [6.07, 6.45) is -1.78. The summed E-state index contributed by atoms with van der Waals surface area (Å²) < 4.78 is 0. The van der Waals surface area contributed by atoms with Crippen molar-refractivity contribution in [3.63, 3.8) is 0 Å². The van der Waals surface area contributed by atoms with E-state index in [9.17, 15) is 4.79 Å². The second-order valence-corrected chi connectivity index (χ2v) is 1.90. The van der Waals surface area contributed by atoms with Crippen molar-refractivity contribution in [1.29, 1.82) is 0 Å². The first-order valence-electron chi connectivity index (χ1n) is 2.84. The number of aliphatic hydroxyl groups is 2. The summed E-state index contributed by atoms with van der Waals surface area (Å²) in [4.78, 5) is 10.2. The molecule has 0 unspecified atom stereocenters. The molecule has 0 aromatic carbocycles. The Labute approximate surface area is 58.3 Å². The smallest absolute Gasteiger partial charge is 0.320 e. The first kappa shape index (κ1) is 9.35. The molecule has 10 heavy (non-hydrogen) atoms. The van der Waals surface area contributed by atoms with E-state index in [1.165, 1.54) is 7.05 Å². The fraction of sp³-hybridized carbons (Fsp3) is 0.800. The molecule has 5 heteroatoms. The van der Waals surface area contributed by atoms with Crippen LogP contribution in [0.3, 0.4) is 0 Å².